The Kier molecular flexibility index (Phi) is 3.48. The lowest BCUT2D eigenvalue weighted by Gasteiger charge is -2.09. The van der Waals surface area contributed by atoms with Gasteiger partial charge in [0.2, 0.25) is 0 Å². The van der Waals surface area contributed by atoms with Crippen LogP contribution in [0.2, 0.25) is 0 Å². The Balaban J connectivity index is 2.33. The van der Waals surface area contributed by atoms with Gasteiger partial charge < -0.3 is 0 Å². The zero-order chi connectivity index (χ0) is 11.5. The second-order valence-electron chi connectivity index (χ2n) is 4.76. The standard InChI is InChI=1S/C16H22/c1-4-7-12-8-15-10-13(5-2)14(6-3)11-16(15)9-12/h8,10-11H,4-7,9H2,1-3H3. The summed E-state index contributed by atoms with van der Waals surface area (Å²) in [4.78, 5) is 0. The highest BCUT2D eigenvalue weighted by Crippen LogP contribution is 2.30. The van der Waals surface area contributed by atoms with Gasteiger partial charge in [-0.15, -0.1) is 0 Å². The van der Waals surface area contributed by atoms with Crippen molar-refractivity contribution in [2.75, 3.05) is 0 Å². The number of hydrogen-bond acceptors (Lipinski definition) is 0. The van der Waals surface area contributed by atoms with Crippen LogP contribution in [0, 0.1) is 0 Å². The topological polar surface area (TPSA) is 0 Å². The average molecular weight is 214 g/mol. The fourth-order valence-electron chi connectivity index (χ4n) is 2.70. The molecule has 86 valence electrons. The molecule has 0 unspecified atom stereocenters. The molecule has 0 heterocycles. The first-order chi connectivity index (χ1) is 7.78. The van der Waals surface area contributed by atoms with Crippen molar-refractivity contribution in [1.29, 1.82) is 0 Å². The molecule has 0 N–H and O–H groups in total. The zero-order valence-electron chi connectivity index (χ0n) is 10.8. The van der Waals surface area contributed by atoms with Gasteiger partial charge in [-0.05, 0) is 47.9 Å². The van der Waals surface area contributed by atoms with Crippen molar-refractivity contribution >= 4 is 6.08 Å². The average Bonchev–Trinajstić information content (AvgIpc) is 2.68. The smallest absolute Gasteiger partial charge is 0.00577 e. The van der Waals surface area contributed by atoms with E-state index in [9.17, 15) is 0 Å². The van der Waals surface area contributed by atoms with Crippen LogP contribution in [0.25, 0.3) is 6.08 Å². The van der Waals surface area contributed by atoms with Gasteiger partial charge in [0, 0.05) is 0 Å². The van der Waals surface area contributed by atoms with Crippen molar-refractivity contribution in [2.45, 2.75) is 52.9 Å². The zero-order valence-corrected chi connectivity index (χ0v) is 10.8. The maximum Gasteiger partial charge on any atom is -0.00577 e. The molecule has 0 saturated carbocycles. The molecule has 2 rings (SSSR count). The number of fused-ring (bicyclic) bond motifs is 1. The van der Waals surface area contributed by atoms with Crippen LogP contribution >= 0.6 is 0 Å². The predicted molar refractivity (Wildman–Crippen MR) is 71.8 cm³/mol. The van der Waals surface area contributed by atoms with E-state index in [1.165, 1.54) is 36.8 Å². The normalized spacial score (nSPS) is 13.8. The molecule has 0 spiro atoms. The summed E-state index contributed by atoms with van der Waals surface area (Å²) in [5.41, 5.74) is 7.74. The van der Waals surface area contributed by atoms with E-state index in [1.54, 1.807) is 16.7 Å². The fourth-order valence-corrected chi connectivity index (χ4v) is 2.70. The number of benzene rings is 1. The maximum absolute atomic E-state index is 2.44. The van der Waals surface area contributed by atoms with Crippen LogP contribution in [0.15, 0.2) is 17.7 Å². The quantitative estimate of drug-likeness (QED) is 0.689. The Morgan fingerprint density at radius 2 is 1.69 bits per heavy atom. The molecular weight excluding hydrogens is 192 g/mol. The van der Waals surface area contributed by atoms with Gasteiger partial charge in [-0.3, -0.25) is 0 Å². The van der Waals surface area contributed by atoms with Gasteiger partial charge in [-0.25, -0.2) is 0 Å². The van der Waals surface area contributed by atoms with Crippen LogP contribution in [0.3, 0.4) is 0 Å². The maximum atomic E-state index is 2.44. The summed E-state index contributed by atoms with van der Waals surface area (Å²) >= 11 is 0. The van der Waals surface area contributed by atoms with E-state index in [4.69, 9.17) is 0 Å². The van der Waals surface area contributed by atoms with Crippen molar-refractivity contribution in [3.8, 4) is 0 Å². The van der Waals surface area contributed by atoms with Crippen molar-refractivity contribution in [3.05, 3.63) is 40.0 Å². The van der Waals surface area contributed by atoms with Gasteiger partial charge in [0.05, 0.1) is 0 Å². The highest BCUT2D eigenvalue weighted by atomic mass is 14.2. The molecule has 16 heavy (non-hydrogen) atoms. The lowest BCUT2D eigenvalue weighted by molar-refractivity contribution is 0.885. The largest absolute Gasteiger partial charge is 0.0652 e. The third-order valence-electron chi connectivity index (χ3n) is 3.57. The molecule has 0 amide bonds. The van der Waals surface area contributed by atoms with Crippen LogP contribution in [-0.4, -0.2) is 0 Å². The van der Waals surface area contributed by atoms with Crippen LogP contribution in [0.4, 0.5) is 0 Å². The molecule has 0 nitrogen and oxygen atoms in total. The lowest BCUT2D eigenvalue weighted by Crippen LogP contribution is -1.95. The fraction of sp³-hybridized carbons (Fsp3) is 0.500. The Morgan fingerprint density at radius 3 is 2.31 bits per heavy atom. The molecule has 0 fully saturated rings. The Bertz CT molecular complexity index is 410. The summed E-state index contributed by atoms with van der Waals surface area (Å²) in [5, 5.41) is 0. The predicted octanol–water partition coefficient (Wildman–Crippen LogP) is 4.55. The second-order valence-corrected chi connectivity index (χ2v) is 4.76. The highest BCUT2D eigenvalue weighted by Gasteiger charge is 2.14. The van der Waals surface area contributed by atoms with E-state index in [0.29, 0.717) is 0 Å². The molecule has 1 aromatic carbocycles. The van der Waals surface area contributed by atoms with E-state index < -0.39 is 0 Å². The number of allylic oxidation sites excluding steroid dienone is 1. The second kappa shape index (κ2) is 4.86. The van der Waals surface area contributed by atoms with Crippen molar-refractivity contribution < 1.29 is 0 Å². The van der Waals surface area contributed by atoms with Gasteiger partial charge in [-0.2, -0.15) is 0 Å². The summed E-state index contributed by atoms with van der Waals surface area (Å²) in [5.74, 6) is 0. The molecule has 0 saturated heterocycles. The minimum atomic E-state index is 1.16. The van der Waals surface area contributed by atoms with Crippen molar-refractivity contribution in [1.82, 2.24) is 0 Å². The van der Waals surface area contributed by atoms with Gasteiger partial charge in [0.25, 0.3) is 0 Å². The first-order valence-electron chi connectivity index (χ1n) is 6.62. The molecule has 0 aliphatic heterocycles. The number of aryl methyl sites for hydroxylation is 2. The number of rotatable bonds is 4. The van der Waals surface area contributed by atoms with E-state index in [0.717, 1.165) is 6.42 Å². The highest BCUT2D eigenvalue weighted by molar-refractivity contribution is 5.65. The number of hydrogen-bond donors (Lipinski definition) is 0. The summed E-state index contributed by atoms with van der Waals surface area (Å²) in [6.07, 6.45) is 8.46. The van der Waals surface area contributed by atoms with Crippen LogP contribution < -0.4 is 0 Å². The summed E-state index contributed by atoms with van der Waals surface area (Å²) in [7, 11) is 0. The Hall–Kier alpha value is -1.04. The van der Waals surface area contributed by atoms with Crippen LogP contribution in [0.1, 0.15) is 55.9 Å². The first-order valence-corrected chi connectivity index (χ1v) is 6.62. The van der Waals surface area contributed by atoms with E-state index in [1.807, 2.05) is 0 Å². The molecule has 0 bridgehead atoms. The van der Waals surface area contributed by atoms with Gasteiger partial charge in [-0.1, -0.05) is 51.0 Å². The van der Waals surface area contributed by atoms with Gasteiger partial charge in [0.15, 0.2) is 0 Å². The molecule has 1 aliphatic carbocycles. The lowest BCUT2D eigenvalue weighted by atomic mass is 9.96. The van der Waals surface area contributed by atoms with Crippen LogP contribution in [0.5, 0.6) is 0 Å². The molecule has 1 aromatic rings. The SMILES string of the molecule is CCCC1=Cc2cc(CC)c(CC)cc2C1. The van der Waals surface area contributed by atoms with Crippen molar-refractivity contribution in [2.24, 2.45) is 0 Å². The van der Waals surface area contributed by atoms with Crippen molar-refractivity contribution in [3.63, 3.8) is 0 Å². The monoisotopic (exact) mass is 214 g/mol. The Labute approximate surface area is 99.4 Å². The third-order valence-corrected chi connectivity index (χ3v) is 3.57. The molecule has 0 heteroatoms. The van der Waals surface area contributed by atoms with E-state index in [2.05, 4.69) is 39.0 Å². The minimum Gasteiger partial charge on any atom is -0.0652 e. The Morgan fingerprint density at radius 1 is 1.00 bits per heavy atom. The summed E-state index contributed by atoms with van der Waals surface area (Å²) in [6, 6.07) is 4.85. The van der Waals surface area contributed by atoms with Gasteiger partial charge >= 0.3 is 0 Å². The summed E-state index contributed by atoms with van der Waals surface area (Å²) in [6.45, 7) is 6.78. The van der Waals surface area contributed by atoms with Gasteiger partial charge in [0.1, 0.15) is 0 Å². The molecule has 1 aliphatic rings. The summed E-state index contributed by atoms with van der Waals surface area (Å²) < 4.78 is 0. The third kappa shape index (κ3) is 2.07. The van der Waals surface area contributed by atoms with E-state index >= 15 is 0 Å². The van der Waals surface area contributed by atoms with Crippen LogP contribution in [-0.2, 0) is 19.3 Å². The minimum absolute atomic E-state index is 1.16. The van der Waals surface area contributed by atoms with E-state index in [-0.39, 0.29) is 0 Å². The molecule has 0 radical (unpaired) electrons. The molecule has 0 aromatic heterocycles. The first kappa shape index (κ1) is 11.4. The molecular formula is C16H22. The molecule has 0 atom stereocenters.